The first-order chi connectivity index (χ1) is 7.51. The molecule has 0 saturated heterocycles. The minimum atomic E-state index is -0.940. The fourth-order valence-electron chi connectivity index (χ4n) is 1.22. The fraction of sp³-hybridized carbons (Fsp3) is 0.800. The molecule has 2 atom stereocenters. The Balaban J connectivity index is 3.91. The van der Waals surface area contributed by atoms with Crippen molar-refractivity contribution in [3.63, 3.8) is 0 Å². The van der Waals surface area contributed by atoms with E-state index in [1.165, 1.54) is 7.11 Å². The molecule has 0 fully saturated rings. The molecule has 1 amide bonds. The maximum absolute atomic E-state index is 11.5. The summed E-state index contributed by atoms with van der Waals surface area (Å²) in [5.74, 6) is -1.20. The average Bonchev–Trinajstić information content (AvgIpc) is 2.23. The van der Waals surface area contributed by atoms with Crippen LogP contribution < -0.4 is 10.6 Å². The van der Waals surface area contributed by atoms with Crippen molar-refractivity contribution < 1.29 is 19.4 Å². The molecular weight excluding hydrogens is 212 g/mol. The van der Waals surface area contributed by atoms with E-state index in [0.717, 1.165) is 0 Å². The van der Waals surface area contributed by atoms with Gasteiger partial charge in [-0.1, -0.05) is 6.92 Å². The average molecular weight is 232 g/mol. The molecule has 2 unspecified atom stereocenters. The minimum Gasteiger partial charge on any atom is -0.481 e. The van der Waals surface area contributed by atoms with Crippen LogP contribution in [0.5, 0.6) is 0 Å². The van der Waals surface area contributed by atoms with Crippen LogP contribution in [0.15, 0.2) is 0 Å². The predicted molar refractivity (Wildman–Crippen MR) is 59.2 cm³/mol. The van der Waals surface area contributed by atoms with E-state index in [4.69, 9.17) is 9.84 Å². The number of ether oxygens (including phenoxy) is 1. The first-order valence-corrected chi connectivity index (χ1v) is 5.18. The third kappa shape index (κ3) is 6.36. The number of carbonyl (C=O) groups is 2. The second-order valence-electron chi connectivity index (χ2n) is 3.66. The normalized spacial score (nSPS) is 14.2. The fourth-order valence-corrected chi connectivity index (χ4v) is 1.22. The summed E-state index contributed by atoms with van der Waals surface area (Å²) in [7, 11) is 3.20. The van der Waals surface area contributed by atoms with Crippen LogP contribution in [0.4, 0.5) is 0 Å². The van der Waals surface area contributed by atoms with Crippen molar-refractivity contribution in [2.45, 2.75) is 19.4 Å². The van der Waals surface area contributed by atoms with Crippen molar-refractivity contribution in [3.8, 4) is 0 Å². The van der Waals surface area contributed by atoms with E-state index in [-0.39, 0.29) is 24.8 Å². The van der Waals surface area contributed by atoms with Gasteiger partial charge in [0, 0.05) is 26.1 Å². The van der Waals surface area contributed by atoms with Gasteiger partial charge in [-0.15, -0.1) is 0 Å². The third-order valence-electron chi connectivity index (χ3n) is 2.20. The Morgan fingerprint density at radius 2 is 2.00 bits per heavy atom. The van der Waals surface area contributed by atoms with Crippen LogP contribution in [0.25, 0.3) is 0 Å². The first-order valence-electron chi connectivity index (χ1n) is 5.18. The quantitative estimate of drug-likeness (QED) is 0.522. The Hall–Kier alpha value is -1.14. The van der Waals surface area contributed by atoms with Gasteiger partial charge < -0.3 is 20.5 Å². The molecule has 0 aromatic carbocycles. The molecule has 0 aromatic heterocycles. The van der Waals surface area contributed by atoms with E-state index in [0.29, 0.717) is 6.54 Å². The van der Waals surface area contributed by atoms with Gasteiger partial charge in [0.15, 0.2) is 0 Å². The van der Waals surface area contributed by atoms with Crippen molar-refractivity contribution in [2.24, 2.45) is 5.92 Å². The number of hydrogen-bond donors (Lipinski definition) is 3. The number of carboxylic acid groups (broad SMARTS) is 1. The van der Waals surface area contributed by atoms with E-state index >= 15 is 0 Å². The molecular formula is C10H20N2O4. The highest BCUT2D eigenvalue weighted by atomic mass is 16.5. The van der Waals surface area contributed by atoms with Crippen LogP contribution in [0, 0.1) is 5.92 Å². The number of carboxylic acids is 1. The summed E-state index contributed by atoms with van der Waals surface area (Å²) in [6.45, 7) is 2.60. The first kappa shape index (κ1) is 14.9. The summed E-state index contributed by atoms with van der Waals surface area (Å²) in [6.07, 6.45) is -0.597. The molecule has 0 radical (unpaired) electrons. The highest BCUT2D eigenvalue weighted by Gasteiger charge is 2.16. The summed E-state index contributed by atoms with van der Waals surface area (Å²) < 4.78 is 4.94. The lowest BCUT2D eigenvalue weighted by Crippen LogP contribution is -2.39. The summed E-state index contributed by atoms with van der Waals surface area (Å²) in [5, 5.41) is 14.1. The number of hydrogen-bond acceptors (Lipinski definition) is 4. The lowest BCUT2D eigenvalue weighted by molar-refractivity contribution is -0.140. The molecule has 6 heteroatoms. The van der Waals surface area contributed by atoms with Crippen LogP contribution >= 0.6 is 0 Å². The van der Waals surface area contributed by atoms with Crippen molar-refractivity contribution in [1.29, 1.82) is 0 Å². The highest BCUT2D eigenvalue weighted by molar-refractivity contribution is 5.78. The van der Waals surface area contributed by atoms with Crippen molar-refractivity contribution in [3.05, 3.63) is 0 Å². The summed E-state index contributed by atoms with van der Waals surface area (Å²) in [4.78, 5) is 21.9. The number of rotatable bonds is 8. The zero-order chi connectivity index (χ0) is 12.6. The molecule has 0 aromatic rings. The monoisotopic (exact) mass is 232 g/mol. The molecule has 0 aliphatic rings. The third-order valence-corrected chi connectivity index (χ3v) is 2.20. The van der Waals surface area contributed by atoms with E-state index in [1.807, 2.05) is 0 Å². The van der Waals surface area contributed by atoms with Crippen LogP contribution in [0.3, 0.4) is 0 Å². The molecule has 3 N–H and O–H groups in total. The molecule has 0 saturated carbocycles. The Morgan fingerprint density at radius 3 is 2.44 bits per heavy atom. The van der Waals surface area contributed by atoms with E-state index in [2.05, 4.69) is 10.6 Å². The molecule has 0 bridgehead atoms. The Morgan fingerprint density at radius 1 is 1.38 bits per heavy atom. The van der Waals surface area contributed by atoms with Gasteiger partial charge in [-0.3, -0.25) is 9.59 Å². The molecule has 16 heavy (non-hydrogen) atoms. The highest BCUT2D eigenvalue weighted by Crippen LogP contribution is 1.97. The molecule has 94 valence electrons. The zero-order valence-corrected chi connectivity index (χ0v) is 9.95. The molecule has 0 aliphatic carbocycles. The molecule has 0 spiro atoms. The summed E-state index contributed by atoms with van der Waals surface area (Å²) in [6, 6.07) is 0. The van der Waals surface area contributed by atoms with Gasteiger partial charge >= 0.3 is 5.97 Å². The van der Waals surface area contributed by atoms with Gasteiger partial charge in [0.05, 0.1) is 12.5 Å². The van der Waals surface area contributed by atoms with Crippen molar-refractivity contribution in [1.82, 2.24) is 10.6 Å². The van der Waals surface area contributed by atoms with E-state index < -0.39 is 12.1 Å². The number of nitrogens with one attached hydrogen (secondary N) is 2. The Bertz CT molecular complexity index is 233. The maximum Gasteiger partial charge on any atom is 0.306 e. The second kappa shape index (κ2) is 8.06. The standard InChI is InChI=1S/C10H20N2O4/c1-7(5-11-2)10(15)12-6-8(16-3)4-9(13)14/h7-8,11H,4-6H2,1-3H3,(H,12,15)(H,13,14). The van der Waals surface area contributed by atoms with Gasteiger partial charge in [-0.05, 0) is 7.05 Å². The van der Waals surface area contributed by atoms with Gasteiger partial charge in [-0.2, -0.15) is 0 Å². The minimum absolute atomic E-state index is 0.109. The number of carbonyl (C=O) groups excluding carboxylic acids is 1. The second-order valence-corrected chi connectivity index (χ2v) is 3.66. The zero-order valence-electron chi connectivity index (χ0n) is 9.95. The van der Waals surface area contributed by atoms with Crippen molar-refractivity contribution in [2.75, 3.05) is 27.2 Å². The Kier molecular flexibility index (Phi) is 7.49. The summed E-state index contributed by atoms with van der Waals surface area (Å²) >= 11 is 0. The van der Waals surface area contributed by atoms with Gasteiger partial charge in [0.1, 0.15) is 0 Å². The van der Waals surface area contributed by atoms with E-state index in [9.17, 15) is 9.59 Å². The van der Waals surface area contributed by atoms with Crippen LogP contribution in [0.2, 0.25) is 0 Å². The van der Waals surface area contributed by atoms with Gasteiger partial charge in [0.2, 0.25) is 5.91 Å². The maximum atomic E-state index is 11.5. The largest absolute Gasteiger partial charge is 0.481 e. The lowest BCUT2D eigenvalue weighted by atomic mass is 10.1. The van der Waals surface area contributed by atoms with Crippen molar-refractivity contribution >= 4 is 11.9 Å². The molecule has 6 nitrogen and oxygen atoms in total. The molecule has 0 rings (SSSR count). The molecule has 0 aliphatic heterocycles. The van der Waals surface area contributed by atoms with Gasteiger partial charge in [0.25, 0.3) is 0 Å². The lowest BCUT2D eigenvalue weighted by Gasteiger charge is -2.16. The SMILES string of the molecule is CNCC(C)C(=O)NCC(CC(=O)O)OC. The van der Waals surface area contributed by atoms with Gasteiger partial charge in [-0.25, -0.2) is 0 Å². The van der Waals surface area contributed by atoms with E-state index in [1.54, 1.807) is 14.0 Å². The number of aliphatic carboxylic acids is 1. The van der Waals surface area contributed by atoms with Crippen LogP contribution in [-0.2, 0) is 14.3 Å². The predicted octanol–water partition coefficient (Wildman–Crippen LogP) is -0.552. The topological polar surface area (TPSA) is 87.7 Å². The van der Waals surface area contributed by atoms with Crippen LogP contribution in [0.1, 0.15) is 13.3 Å². The number of amides is 1. The Labute approximate surface area is 95.4 Å². The number of methoxy groups -OCH3 is 1. The van der Waals surface area contributed by atoms with Crippen LogP contribution in [-0.4, -0.2) is 50.3 Å². The molecule has 0 heterocycles. The smallest absolute Gasteiger partial charge is 0.306 e. The summed E-state index contributed by atoms with van der Waals surface area (Å²) in [5.41, 5.74) is 0.